The van der Waals surface area contributed by atoms with Crippen molar-refractivity contribution in [3.05, 3.63) is 18.2 Å². The van der Waals surface area contributed by atoms with Crippen molar-refractivity contribution in [2.45, 2.75) is 32.7 Å². The fourth-order valence-electron chi connectivity index (χ4n) is 1.91. The lowest BCUT2D eigenvalue weighted by Gasteiger charge is -2.14. The molecule has 5 heteroatoms. The fourth-order valence-corrected chi connectivity index (χ4v) is 1.91. The maximum Gasteiger partial charge on any atom is 0.238 e. The lowest BCUT2D eigenvalue weighted by atomic mass is 10.2. The van der Waals surface area contributed by atoms with Crippen LogP contribution < -0.4 is 20.1 Å². The van der Waals surface area contributed by atoms with Gasteiger partial charge >= 0.3 is 0 Å². The number of benzene rings is 1. The summed E-state index contributed by atoms with van der Waals surface area (Å²) in [7, 11) is 3.15. The van der Waals surface area contributed by atoms with Gasteiger partial charge in [-0.05, 0) is 25.5 Å². The number of methoxy groups -OCH3 is 2. The molecule has 0 saturated heterocycles. The second kappa shape index (κ2) is 8.43. The maximum absolute atomic E-state index is 11.9. The molecule has 0 spiro atoms. The van der Waals surface area contributed by atoms with E-state index >= 15 is 0 Å². The van der Waals surface area contributed by atoms with Gasteiger partial charge in [0.1, 0.15) is 11.5 Å². The number of hydrogen-bond acceptors (Lipinski definition) is 4. The number of carbonyl (C=O) groups is 1. The summed E-state index contributed by atoms with van der Waals surface area (Å²) in [6.45, 7) is 4.48. The highest BCUT2D eigenvalue weighted by Crippen LogP contribution is 2.28. The van der Waals surface area contributed by atoms with E-state index in [9.17, 15) is 4.79 Å². The van der Waals surface area contributed by atoms with Crippen LogP contribution in [0.25, 0.3) is 0 Å². The summed E-state index contributed by atoms with van der Waals surface area (Å²) >= 11 is 0. The summed E-state index contributed by atoms with van der Waals surface area (Å²) in [5.41, 5.74) is 0.613. The normalized spacial score (nSPS) is 11.8. The Balaban J connectivity index is 2.60. The zero-order valence-corrected chi connectivity index (χ0v) is 12.7. The lowest BCUT2D eigenvalue weighted by molar-refractivity contribution is -0.115. The molecule has 1 amide bonds. The van der Waals surface area contributed by atoms with Gasteiger partial charge in [-0.25, -0.2) is 0 Å². The predicted octanol–water partition coefficient (Wildman–Crippen LogP) is 2.42. The van der Waals surface area contributed by atoms with E-state index in [0.717, 1.165) is 12.8 Å². The molecule has 1 unspecified atom stereocenters. The van der Waals surface area contributed by atoms with Gasteiger partial charge in [0.2, 0.25) is 5.91 Å². The van der Waals surface area contributed by atoms with Crippen LogP contribution in [0.4, 0.5) is 5.69 Å². The van der Waals surface area contributed by atoms with Gasteiger partial charge in [0.15, 0.2) is 0 Å². The molecule has 0 aliphatic heterocycles. The lowest BCUT2D eigenvalue weighted by Crippen LogP contribution is -2.34. The zero-order valence-electron chi connectivity index (χ0n) is 12.7. The van der Waals surface area contributed by atoms with Gasteiger partial charge in [-0.1, -0.05) is 13.3 Å². The van der Waals surface area contributed by atoms with Gasteiger partial charge in [-0.2, -0.15) is 0 Å². The van der Waals surface area contributed by atoms with E-state index in [-0.39, 0.29) is 12.5 Å². The molecular formula is C15H24N2O3. The summed E-state index contributed by atoms with van der Waals surface area (Å²) in [6.07, 6.45) is 2.15. The molecule has 1 aromatic rings. The average molecular weight is 280 g/mol. The van der Waals surface area contributed by atoms with Crippen LogP contribution in [0, 0.1) is 0 Å². The number of rotatable bonds is 8. The Morgan fingerprint density at radius 1 is 1.30 bits per heavy atom. The first-order valence-corrected chi connectivity index (χ1v) is 6.86. The molecule has 112 valence electrons. The summed E-state index contributed by atoms with van der Waals surface area (Å²) in [5, 5.41) is 6.01. The number of carbonyl (C=O) groups excluding carboxylic acids is 1. The highest BCUT2D eigenvalue weighted by Gasteiger charge is 2.10. The number of ether oxygens (including phenoxy) is 2. The molecule has 20 heavy (non-hydrogen) atoms. The Bertz CT molecular complexity index is 435. The molecule has 0 aromatic heterocycles. The standard InChI is InChI=1S/C15H24N2O3/c1-5-6-11(2)16-10-15(18)17-13-9-12(19-3)7-8-14(13)20-4/h7-9,11,16H,5-6,10H2,1-4H3,(H,17,18). The highest BCUT2D eigenvalue weighted by molar-refractivity contribution is 5.94. The zero-order chi connectivity index (χ0) is 15.0. The minimum Gasteiger partial charge on any atom is -0.497 e. The van der Waals surface area contributed by atoms with E-state index < -0.39 is 0 Å². The summed E-state index contributed by atoms with van der Waals surface area (Å²) in [5.74, 6) is 1.19. The van der Waals surface area contributed by atoms with E-state index in [2.05, 4.69) is 24.5 Å². The van der Waals surface area contributed by atoms with Crippen LogP contribution in [0.2, 0.25) is 0 Å². The molecule has 0 bridgehead atoms. The first kappa shape index (κ1) is 16.3. The third kappa shape index (κ3) is 5.09. The van der Waals surface area contributed by atoms with E-state index in [1.54, 1.807) is 32.4 Å². The van der Waals surface area contributed by atoms with Gasteiger partial charge in [0.05, 0.1) is 26.5 Å². The largest absolute Gasteiger partial charge is 0.497 e. The molecule has 0 aliphatic rings. The maximum atomic E-state index is 11.9. The van der Waals surface area contributed by atoms with Gasteiger partial charge in [0.25, 0.3) is 0 Å². The number of hydrogen-bond donors (Lipinski definition) is 2. The van der Waals surface area contributed by atoms with E-state index in [1.165, 1.54) is 0 Å². The molecule has 1 atom stereocenters. The van der Waals surface area contributed by atoms with Crippen molar-refractivity contribution in [3.8, 4) is 11.5 Å². The summed E-state index contributed by atoms with van der Waals surface area (Å²) in [6, 6.07) is 5.63. The minimum atomic E-state index is -0.0977. The van der Waals surface area contributed by atoms with E-state index in [4.69, 9.17) is 9.47 Å². The second-order valence-corrected chi connectivity index (χ2v) is 4.69. The Kier molecular flexibility index (Phi) is 6.87. The van der Waals surface area contributed by atoms with Crippen molar-refractivity contribution in [2.24, 2.45) is 0 Å². The van der Waals surface area contributed by atoms with Crippen molar-refractivity contribution < 1.29 is 14.3 Å². The molecule has 0 aliphatic carbocycles. The molecule has 0 heterocycles. The van der Waals surface area contributed by atoms with Crippen LogP contribution in [-0.4, -0.2) is 32.7 Å². The van der Waals surface area contributed by atoms with Crippen LogP contribution in [0.3, 0.4) is 0 Å². The van der Waals surface area contributed by atoms with Crippen molar-refractivity contribution in [1.82, 2.24) is 5.32 Å². The van der Waals surface area contributed by atoms with Gasteiger partial charge in [0, 0.05) is 12.1 Å². The van der Waals surface area contributed by atoms with Crippen molar-refractivity contribution in [3.63, 3.8) is 0 Å². The molecule has 5 nitrogen and oxygen atoms in total. The number of amides is 1. The van der Waals surface area contributed by atoms with Crippen LogP contribution in [0.1, 0.15) is 26.7 Å². The molecule has 2 N–H and O–H groups in total. The quantitative estimate of drug-likeness (QED) is 0.768. The Labute approximate surface area is 120 Å². The Hall–Kier alpha value is -1.75. The molecule has 1 aromatic carbocycles. The summed E-state index contributed by atoms with van der Waals surface area (Å²) < 4.78 is 10.4. The van der Waals surface area contributed by atoms with E-state index in [0.29, 0.717) is 23.2 Å². The predicted molar refractivity (Wildman–Crippen MR) is 80.5 cm³/mol. The Morgan fingerprint density at radius 2 is 2.05 bits per heavy atom. The van der Waals surface area contributed by atoms with Crippen molar-refractivity contribution >= 4 is 11.6 Å². The number of anilines is 1. The van der Waals surface area contributed by atoms with Crippen molar-refractivity contribution in [1.29, 1.82) is 0 Å². The molecular weight excluding hydrogens is 256 g/mol. The van der Waals surface area contributed by atoms with Crippen LogP contribution in [0.15, 0.2) is 18.2 Å². The fraction of sp³-hybridized carbons (Fsp3) is 0.533. The van der Waals surface area contributed by atoms with Crippen molar-refractivity contribution in [2.75, 3.05) is 26.1 Å². The monoisotopic (exact) mass is 280 g/mol. The smallest absolute Gasteiger partial charge is 0.238 e. The average Bonchev–Trinajstić information content (AvgIpc) is 2.45. The SMILES string of the molecule is CCCC(C)NCC(=O)Nc1cc(OC)ccc1OC. The third-order valence-corrected chi connectivity index (χ3v) is 3.01. The first-order valence-electron chi connectivity index (χ1n) is 6.86. The molecule has 1 rings (SSSR count). The summed E-state index contributed by atoms with van der Waals surface area (Å²) in [4.78, 5) is 11.9. The Morgan fingerprint density at radius 3 is 2.65 bits per heavy atom. The third-order valence-electron chi connectivity index (χ3n) is 3.01. The molecule has 0 fully saturated rings. The van der Waals surface area contributed by atoms with Gasteiger partial charge in [-0.15, -0.1) is 0 Å². The van der Waals surface area contributed by atoms with Gasteiger partial charge < -0.3 is 20.1 Å². The topological polar surface area (TPSA) is 59.6 Å². The second-order valence-electron chi connectivity index (χ2n) is 4.69. The van der Waals surface area contributed by atoms with Crippen LogP contribution >= 0.6 is 0 Å². The van der Waals surface area contributed by atoms with E-state index in [1.807, 2.05) is 0 Å². The molecule has 0 radical (unpaired) electrons. The molecule has 0 saturated carbocycles. The minimum absolute atomic E-state index is 0.0977. The van der Waals surface area contributed by atoms with Gasteiger partial charge in [-0.3, -0.25) is 4.79 Å². The number of nitrogens with one attached hydrogen (secondary N) is 2. The first-order chi connectivity index (χ1) is 9.60. The highest BCUT2D eigenvalue weighted by atomic mass is 16.5. The van der Waals surface area contributed by atoms with Crippen LogP contribution in [0.5, 0.6) is 11.5 Å². The van der Waals surface area contributed by atoms with Crippen LogP contribution in [-0.2, 0) is 4.79 Å².